The van der Waals surface area contributed by atoms with Crippen molar-refractivity contribution in [1.82, 2.24) is 15.0 Å². The van der Waals surface area contributed by atoms with Gasteiger partial charge in [-0.15, -0.1) is 0 Å². The number of hydrogen-bond donors (Lipinski definition) is 1. The Morgan fingerprint density at radius 1 is 1.48 bits per heavy atom. The molecule has 1 aliphatic rings. The zero-order valence-electron chi connectivity index (χ0n) is 14.7. The van der Waals surface area contributed by atoms with Crippen LogP contribution in [-0.4, -0.2) is 46.7 Å². The van der Waals surface area contributed by atoms with Crippen molar-refractivity contribution in [2.75, 3.05) is 25.4 Å². The molecule has 0 spiro atoms. The molecule has 0 saturated carbocycles. The molecule has 25 heavy (non-hydrogen) atoms. The quantitative estimate of drug-likeness (QED) is 0.891. The summed E-state index contributed by atoms with van der Waals surface area (Å²) in [5.74, 6) is 1.09. The largest absolute Gasteiger partial charge is 0.384 e. The summed E-state index contributed by atoms with van der Waals surface area (Å²) in [6.45, 7) is 5.46. The second-order valence-corrected chi connectivity index (χ2v) is 6.29. The molecule has 7 nitrogen and oxygen atoms in total. The Morgan fingerprint density at radius 2 is 2.32 bits per heavy atom. The molecule has 3 rings (SSSR count). The highest BCUT2D eigenvalue weighted by Gasteiger charge is 2.29. The summed E-state index contributed by atoms with van der Waals surface area (Å²) in [7, 11) is 0. The van der Waals surface area contributed by atoms with Gasteiger partial charge in [-0.05, 0) is 43.9 Å². The number of pyridine rings is 1. The normalized spacial score (nSPS) is 17.7. The highest BCUT2D eigenvalue weighted by atomic mass is 16.5. The molecule has 1 fully saturated rings. The number of amides is 1. The number of nitrogens with two attached hydrogens (primary N) is 1. The number of carbonyl (C=O) groups is 1. The molecule has 0 bridgehead atoms. The van der Waals surface area contributed by atoms with Crippen LogP contribution in [0.3, 0.4) is 0 Å². The van der Waals surface area contributed by atoms with Crippen molar-refractivity contribution < 1.29 is 14.1 Å². The summed E-state index contributed by atoms with van der Waals surface area (Å²) < 4.78 is 11.0. The lowest BCUT2D eigenvalue weighted by atomic mass is 10.1. The zero-order valence-corrected chi connectivity index (χ0v) is 14.7. The van der Waals surface area contributed by atoms with Crippen LogP contribution in [0.1, 0.15) is 40.7 Å². The summed E-state index contributed by atoms with van der Waals surface area (Å²) >= 11 is 0. The Balaban J connectivity index is 1.62. The molecule has 0 aromatic carbocycles. The highest BCUT2D eigenvalue weighted by Crippen LogP contribution is 2.20. The van der Waals surface area contributed by atoms with E-state index in [1.54, 1.807) is 13.1 Å². The van der Waals surface area contributed by atoms with Gasteiger partial charge in [-0.2, -0.15) is 0 Å². The zero-order chi connectivity index (χ0) is 17.8. The van der Waals surface area contributed by atoms with Gasteiger partial charge in [-0.3, -0.25) is 4.79 Å². The number of anilines is 1. The molecule has 2 N–H and O–H groups in total. The van der Waals surface area contributed by atoms with E-state index in [0.29, 0.717) is 43.3 Å². The fraction of sp³-hybridized carbons (Fsp3) is 0.500. The lowest BCUT2D eigenvalue weighted by Crippen LogP contribution is -2.46. The predicted octanol–water partition coefficient (Wildman–Crippen LogP) is 2.00. The second kappa shape index (κ2) is 7.65. The standard InChI is InChI=1S/C18H24N4O3/c1-3-15-17(12(2)25-21-15)18(23)22-8-9-24-14(11-22)5-4-13-6-7-20-16(19)10-13/h6-7,10,14H,3-5,8-9,11H2,1-2H3,(H2,19,20)/t14-/m0/s1. The highest BCUT2D eigenvalue weighted by molar-refractivity contribution is 5.96. The van der Waals surface area contributed by atoms with Crippen LogP contribution in [0.2, 0.25) is 0 Å². The first-order valence-electron chi connectivity index (χ1n) is 8.65. The van der Waals surface area contributed by atoms with E-state index in [4.69, 9.17) is 15.0 Å². The Labute approximate surface area is 147 Å². The molecule has 2 aromatic heterocycles. The monoisotopic (exact) mass is 344 g/mol. The number of morpholine rings is 1. The molecule has 0 unspecified atom stereocenters. The average Bonchev–Trinajstić information content (AvgIpc) is 3.00. The minimum atomic E-state index is -0.0166. The molecular formula is C18H24N4O3. The van der Waals surface area contributed by atoms with Crippen molar-refractivity contribution in [3.63, 3.8) is 0 Å². The lowest BCUT2D eigenvalue weighted by molar-refractivity contribution is -0.0246. The van der Waals surface area contributed by atoms with Crippen LogP contribution in [0.4, 0.5) is 5.82 Å². The van der Waals surface area contributed by atoms with E-state index in [9.17, 15) is 4.79 Å². The van der Waals surface area contributed by atoms with Crippen LogP contribution in [0.5, 0.6) is 0 Å². The van der Waals surface area contributed by atoms with Gasteiger partial charge in [0.25, 0.3) is 5.91 Å². The van der Waals surface area contributed by atoms with Crippen molar-refractivity contribution in [3.8, 4) is 0 Å². The van der Waals surface area contributed by atoms with Crippen molar-refractivity contribution >= 4 is 11.7 Å². The number of hydrogen-bond acceptors (Lipinski definition) is 6. The van der Waals surface area contributed by atoms with Crippen LogP contribution in [0, 0.1) is 6.92 Å². The summed E-state index contributed by atoms with van der Waals surface area (Å²) in [6, 6.07) is 3.83. The van der Waals surface area contributed by atoms with E-state index in [2.05, 4.69) is 10.1 Å². The third kappa shape index (κ3) is 3.99. The Bertz CT molecular complexity index is 744. The third-order valence-corrected chi connectivity index (χ3v) is 4.51. The minimum Gasteiger partial charge on any atom is -0.384 e. The first-order valence-corrected chi connectivity index (χ1v) is 8.65. The van der Waals surface area contributed by atoms with Crippen molar-refractivity contribution in [2.24, 2.45) is 0 Å². The fourth-order valence-electron chi connectivity index (χ4n) is 3.15. The molecule has 1 atom stereocenters. The van der Waals surface area contributed by atoms with Crippen LogP contribution >= 0.6 is 0 Å². The van der Waals surface area contributed by atoms with Crippen LogP contribution in [0.25, 0.3) is 0 Å². The van der Waals surface area contributed by atoms with Gasteiger partial charge in [0.2, 0.25) is 0 Å². The molecule has 3 heterocycles. The Kier molecular flexibility index (Phi) is 5.33. The Morgan fingerprint density at radius 3 is 3.08 bits per heavy atom. The van der Waals surface area contributed by atoms with Gasteiger partial charge in [-0.25, -0.2) is 4.98 Å². The third-order valence-electron chi connectivity index (χ3n) is 4.51. The smallest absolute Gasteiger partial charge is 0.259 e. The molecule has 0 radical (unpaired) electrons. The average molecular weight is 344 g/mol. The fourth-order valence-corrected chi connectivity index (χ4v) is 3.15. The number of rotatable bonds is 5. The van der Waals surface area contributed by atoms with Gasteiger partial charge in [0.1, 0.15) is 17.1 Å². The molecule has 1 amide bonds. The van der Waals surface area contributed by atoms with Gasteiger partial charge in [0.05, 0.1) is 18.4 Å². The van der Waals surface area contributed by atoms with E-state index in [-0.39, 0.29) is 12.0 Å². The molecule has 1 saturated heterocycles. The second-order valence-electron chi connectivity index (χ2n) is 6.29. The van der Waals surface area contributed by atoms with Gasteiger partial charge >= 0.3 is 0 Å². The van der Waals surface area contributed by atoms with E-state index < -0.39 is 0 Å². The van der Waals surface area contributed by atoms with E-state index in [1.807, 2.05) is 24.0 Å². The molecule has 7 heteroatoms. The maximum absolute atomic E-state index is 12.9. The Hall–Kier alpha value is -2.41. The first-order chi connectivity index (χ1) is 12.1. The van der Waals surface area contributed by atoms with Crippen LogP contribution in [-0.2, 0) is 17.6 Å². The van der Waals surface area contributed by atoms with Crippen molar-refractivity contribution in [3.05, 3.63) is 40.9 Å². The molecule has 134 valence electrons. The predicted molar refractivity (Wildman–Crippen MR) is 93.2 cm³/mol. The van der Waals surface area contributed by atoms with Crippen LogP contribution < -0.4 is 5.73 Å². The first kappa shape index (κ1) is 17.4. The number of aryl methyl sites for hydroxylation is 3. The van der Waals surface area contributed by atoms with Gasteiger partial charge in [-0.1, -0.05) is 12.1 Å². The van der Waals surface area contributed by atoms with Gasteiger partial charge < -0.3 is 19.9 Å². The number of nitrogen functional groups attached to an aromatic ring is 1. The maximum atomic E-state index is 12.9. The summed E-state index contributed by atoms with van der Waals surface area (Å²) in [6.07, 6.45) is 4.07. The number of ether oxygens (including phenoxy) is 1. The van der Waals surface area contributed by atoms with Gasteiger partial charge in [0.15, 0.2) is 0 Å². The van der Waals surface area contributed by atoms with E-state index in [0.717, 1.165) is 24.1 Å². The number of carbonyl (C=O) groups excluding carboxylic acids is 1. The van der Waals surface area contributed by atoms with Crippen molar-refractivity contribution in [1.29, 1.82) is 0 Å². The number of nitrogens with zero attached hydrogens (tertiary/aromatic N) is 3. The van der Waals surface area contributed by atoms with Crippen LogP contribution in [0.15, 0.2) is 22.9 Å². The number of aromatic nitrogens is 2. The summed E-state index contributed by atoms with van der Waals surface area (Å²) in [4.78, 5) is 18.7. The topological polar surface area (TPSA) is 94.5 Å². The maximum Gasteiger partial charge on any atom is 0.259 e. The molecule has 0 aliphatic carbocycles. The van der Waals surface area contributed by atoms with Gasteiger partial charge in [0, 0.05) is 19.3 Å². The van der Waals surface area contributed by atoms with Crippen molar-refractivity contribution in [2.45, 2.75) is 39.2 Å². The minimum absolute atomic E-state index is 0.0114. The SMILES string of the molecule is CCc1noc(C)c1C(=O)N1CCO[C@@H](CCc2ccnc(N)c2)C1. The molecule has 1 aliphatic heterocycles. The van der Waals surface area contributed by atoms with E-state index >= 15 is 0 Å². The lowest BCUT2D eigenvalue weighted by Gasteiger charge is -2.33. The molecule has 2 aromatic rings. The molecular weight excluding hydrogens is 320 g/mol. The summed E-state index contributed by atoms with van der Waals surface area (Å²) in [5, 5.41) is 3.98. The summed E-state index contributed by atoms with van der Waals surface area (Å²) in [5.41, 5.74) is 8.16. The van der Waals surface area contributed by atoms with E-state index in [1.165, 1.54) is 0 Å².